The molecule has 0 amide bonds. The highest BCUT2D eigenvalue weighted by atomic mass is 16.6. The van der Waals surface area contributed by atoms with Crippen LogP contribution in [0.3, 0.4) is 0 Å². The molecule has 0 aliphatic rings. The summed E-state index contributed by atoms with van der Waals surface area (Å²) in [6, 6.07) is 0. The van der Waals surface area contributed by atoms with Crippen LogP contribution in [0.5, 0.6) is 0 Å². The van der Waals surface area contributed by atoms with E-state index in [1.54, 1.807) is 6.08 Å². The summed E-state index contributed by atoms with van der Waals surface area (Å²) in [6.07, 6.45) is 38.5. The lowest BCUT2D eigenvalue weighted by molar-refractivity contribution is -0.166. The Kier molecular flexibility index (Phi) is 33.2. The fourth-order valence-corrected chi connectivity index (χ4v) is 4.78. The number of ether oxygens (including phenoxy) is 3. The maximum atomic E-state index is 12.5. The SMILES string of the molecule is CC/C=C\C/C=C\C/C=C\CC(=O)OC(COC(=O)CCCCCC/C=C\CCCC)COC(=O)CCCCCCCCCCC. The van der Waals surface area contributed by atoms with Gasteiger partial charge >= 0.3 is 17.9 Å². The minimum absolute atomic E-state index is 0.105. The van der Waals surface area contributed by atoms with E-state index >= 15 is 0 Å². The molecular formula is C40H68O6. The van der Waals surface area contributed by atoms with Crippen molar-refractivity contribution in [3.8, 4) is 0 Å². The van der Waals surface area contributed by atoms with E-state index in [1.807, 2.05) is 6.08 Å². The molecule has 6 nitrogen and oxygen atoms in total. The van der Waals surface area contributed by atoms with Gasteiger partial charge in [0, 0.05) is 12.8 Å². The van der Waals surface area contributed by atoms with Gasteiger partial charge in [0.1, 0.15) is 13.2 Å². The maximum Gasteiger partial charge on any atom is 0.310 e. The zero-order chi connectivity index (χ0) is 33.8. The topological polar surface area (TPSA) is 78.9 Å². The summed E-state index contributed by atoms with van der Waals surface area (Å²) in [5.74, 6) is -1.07. The monoisotopic (exact) mass is 645 g/mol. The largest absolute Gasteiger partial charge is 0.462 e. The van der Waals surface area contributed by atoms with E-state index < -0.39 is 12.1 Å². The summed E-state index contributed by atoms with van der Waals surface area (Å²) in [5, 5.41) is 0. The number of unbranched alkanes of at least 4 members (excludes halogenated alkanes) is 14. The molecule has 0 radical (unpaired) electrons. The third-order valence-corrected chi connectivity index (χ3v) is 7.60. The molecule has 0 aliphatic carbocycles. The average Bonchev–Trinajstić information content (AvgIpc) is 3.05. The molecule has 0 saturated carbocycles. The van der Waals surface area contributed by atoms with Gasteiger partial charge in [-0.1, -0.05) is 146 Å². The zero-order valence-electron chi connectivity index (χ0n) is 29.8. The normalized spacial score (nSPS) is 12.5. The van der Waals surface area contributed by atoms with Gasteiger partial charge in [-0.05, 0) is 51.4 Å². The Morgan fingerprint density at radius 3 is 1.48 bits per heavy atom. The fourth-order valence-electron chi connectivity index (χ4n) is 4.78. The Labute approximate surface area is 282 Å². The van der Waals surface area contributed by atoms with Gasteiger partial charge < -0.3 is 14.2 Å². The van der Waals surface area contributed by atoms with Gasteiger partial charge in [-0.2, -0.15) is 0 Å². The van der Waals surface area contributed by atoms with Crippen LogP contribution in [0.25, 0.3) is 0 Å². The third kappa shape index (κ3) is 32.8. The third-order valence-electron chi connectivity index (χ3n) is 7.60. The number of hydrogen-bond donors (Lipinski definition) is 0. The predicted molar refractivity (Wildman–Crippen MR) is 192 cm³/mol. The van der Waals surface area contributed by atoms with Crippen molar-refractivity contribution in [2.45, 2.75) is 175 Å². The Hall–Kier alpha value is -2.63. The van der Waals surface area contributed by atoms with Crippen LogP contribution in [0.4, 0.5) is 0 Å². The van der Waals surface area contributed by atoms with Crippen molar-refractivity contribution in [1.29, 1.82) is 0 Å². The van der Waals surface area contributed by atoms with Crippen LogP contribution < -0.4 is 0 Å². The summed E-state index contributed by atoms with van der Waals surface area (Å²) in [5.41, 5.74) is 0. The van der Waals surface area contributed by atoms with Gasteiger partial charge in [0.2, 0.25) is 0 Å². The molecule has 0 heterocycles. The molecule has 46 heavy (non-hydrogen) atoms. The zero-order valence-corrected chi connectivity index (χ0v) is 29.8. The van der Waals surface area contributed by atoms with Crippen LogP contribution in [0.2, 0.25) is 0 Å². The molecule has 0 rings (SSSR count). The summed E-state index contributed by atoms with van der Waals surface area (Å²) in [6.45, 7) is 6.31. The van der Waals surface area contributed by atoms with Crippen LogP contribution in [0.1, 0.15) is 168 Å². The molecule has 0 aliphatic heterocycles. The summed E-state index contributed by atoms with van der Waals surface area (Å²) < 4.78 is 16.4. The molecule has 0 aromatic carbocycles. The first kappa shape index (κ1) is 43.4. The van der Waals surface area contributed by atoms with E-state index in [9.17, 15) is 14.4 Å². The lowest BCUT2D eigenvalue weighted by Crippen LogP contribution is -2.30. The first-order chi connectivity index (χ1) is 22.5. The number of hydrogen-bond acceptors (Lipinski definition) is 6. The second-order valence-electron chi connectivity index (χ2n) is 12.1. The lowest BCUT2D eigenvalue weighted by atomic mass is 10.1. The molecule has 0 bridgehead atoms. The quantitative estimate of drug-likeness (QED) is 0.0314. The maximum absolute atomic E-state index is 12.5. The van der Waals surface area contributed by atoms with Gasteiger partial charge in [-0.25, -0.2) is 0 Å². The van der Waals surface area contributed by atoms with Gasteiger partial charge in [0.25, 0.3) is 0 Å². The van der Waals surface area contributed by atoms with Crippen LogP contribution in [-0.4, -0.2) is 37.2 Å². The molecule has 1 atom stereocenters. The summed E-state index contributed by atoms with van der Waals surface area (Å²) >= 11 is 0. The molecule has 0 N–H and O–H groups in total. The van der Waals surface area contributed by atoms with Crippen LogP contribution in [0, 0.1) is 0 Å². The minimum Gasteiger partial charge on any atom is -0.462 e. The molecule has 1 unspecified atom stereocenters. The summed E-state index contributed by atoms with van der Waals surface area (Å²) in [7, 11) is 0. The van der Waals surface area contributed by atoms with Crippen LogP contribution in [0.15, 0.2) is 48.6 Å². The van der Waals surface area contributed by atoms with Crippen molar-refractivity contribution in [3.63, 3.8) is 0 Å². The number of carbonyl (C=O) groups excluding carboxylic acids is 3. The van der Waals surface area contributed by atoms with Crippen molar-refractivity contribution < 1.29 is 28.6 Å². The molecule has 6 heteroatoms. The van der Waals surface area contributed by atoms with Crippen LogP contribution in [-0.2, 0) is 28.6 Å². The molecule has 0 aromatic heterocycles. The Morgan fingerprint density at radius 1 is 0.478 bits per heavy atom. The van der Waals surface area contributed by atoms with Crippen molar-refractivity contribution in [1.82, 2.24) is 0 Å². The van der Waals surface area contributed by atoms with Gasteiger partial charge in [0.05, 0.1) is 6.42 Å². The van der Waals surface area contributed by atoms with Crippen molar-refractivity contribution >= 4 is 17.9 Å². The summed E-state index contributed by atoms with van der Waals surface area (Å²) in [4.78, 5) is 37.2. The van der Waals surface area contributed by atoms with E-state index in [-0.39, 0.29) is 31.6 Å². The Morgan fingerprint density at radius 2 is 0.935 bits per heavy atom. The van der Waals surface area contributed by atoms with Gasteiger partial charge in [0.15, 0.2) is 6.10 Å². The Balaban J connectivity index is 4.50. The van der Waals surface area contributed by atoms with Crippen LogP contribution >= 0.6 is 0 Å². The first-order valence-corrected chi connectivity index (χ1v) is 18.6. The highest BCUT2D eigenvalue weighted by Crippen LogP contribution is 2.12. The van der Waals surface area contributed by atoms with E-state index in [2.05, 4.69) is 57.2 Å². The standard InChI is InChI=1S/C40H68O6/c1-4-7-10-13-16-19-22-24-27-30-33-39(42)45-36-37(46-40(43)34-31-28-25-21-18-15-12-9-6-3)35-44-38(41)32-29-26-23-20-17-14-11-8-5-2/h9,12-13,16,18,21,28,31,37H,4-8,10-11,14-15,17,19-20,22-27,29-30,32-36H2,1-3H3/b12-9-,16-13-,21-18-,31-28-. The molecule has 0 fully saturated rings. The van der Waals surface area contributed by atoms with Gasteiger partial charge in [-0.15, -0.1) is 0 Å². The minimum atomic E-state index is -0.818. The number of esters is 3. The molecule has 0 saturated heterocycles. The molecule has 0 aromatic rings. The van der Waals surface area contributed by atoms with Gasteiger partial charge in [-0.3, -0.25) is 14.4 Å². The van der Waals surface area contributed by atoms with E-state index in [4.69, 9.17) is 14.2 Å². The smallest absolute Gasteiger partial charge is 0.310 e. The van der Waals surface area contributed by atoms with E-state index in [0.717, 1.165) is 77.0 Å². The predicted octanol–water partition coefficient (Wildman–Crippen LogP) is 11.2. The number of carbonyl (C=O) groups is 3. The Bertz CT molecular complexity index is 841. The van der Waals surface area contributed by atoms with E-state index in [1.165, 1.54) is 51.4 Å². The highest BCUT2D eigenvalue weighted by Gasteiger charge is 2.19. The molecule has 264 valence electrons. The fraction of sp³-hybridized carbons (Fsp3) is 0.725. The second-order valence-corrected chi connectivity index (χ2v) is 12.1. The average molecular weight is 645 g/mol. The number of rotatable bonds is 32. The molecule has 0 spiro atoms. The first-order valence-electron chi connectivity index (χ1n) is 18.6. The lowest BCUT2D eigenvalue weighted by Gasteiger charge is -2.18. The van der Waals surface area contributed by atoms with E-state index in [0.29, 0.717) is 12.8 Å². The molecular weight excluding hydrogens is 576 g/mol. The number of allylic oxidation sites excluding steroid dienone is 7. The highest BCUT2D eigenvalue weighted by molar-refractivity contribution is 5.72. The van der Waals surface area contributed by atoms with Crippen molar-refractivity contribution in [2.75, 3.05) is 13.2 Å². The van der Waals surface area contributed by atoms with Crippen molar-refractivity contribution in [2.24, 2.45) is 0 Å². The van der Waals surface area contributed by atoms with Crippen molar-refractivity contribution in [3.05, 3.63) is 48.6 Å². The second kappa shape index (κ2) is 35.2.